The van der Waals surface area contributed by atoms with Gasteiger partial charge in [-0.1, -0.05) is 0 Å². The van der Waals surface area contributed by atoms with Crippen LogP contribution >= 0.6 is 0 Å². The molecule has 0 aromatic carbocycles. The lowest BCUT2D eigenvalue weighted by Gasteiger charge is -2.30. The van der Waals surface area contributed by atoms with Gasteiger partial charge in [0, 0.05) is 6.54 Å². The van der Waals surface area contributed by atoms with Crippen LogP contribution in [0.4, 0.5) is 0 Å². The van der Waals surface area contributed by atoms with E-state index in [2.05, 4.69) is 11.9 Å². The minimum atomic E-state index is -0.686. The SMILES string of the molecule is CN1CCC(C2CC2(CN)C(=O)O)CC1. The van der Waals surface area contributed by atoms with E-state index >= 15 is 0 Å². The summed E-state index contributed by atoms with van der Waals surface area (Å²) in [6.07, 6.45) is 3.07. The van der Waals surface area contributed by atoms with Crippen molar-refractivity contribution < 1.29 is 9.90 Å². The highest BCUT2D eigenvalue weighted by Crippen LogP contribution is 2.58. The summed E-state index contributed by atoms with van der Waals surface area (Å²) in [5.41, 5.74) is 5.03. The predicted octanol–water partition coefficient (Wildman–Crippen LogP) is 0.378. The molecule has 2 aliphatic rings. The van der Waals surface area contributed by atoms with Crippen molar-refractivity contribution in [3.63, 3.8) is 0 Å². The first-order valence-corrected chi connectivity index (χ1v) is 5.72. The zero-order valence-electron chi connectivity index (χ0n) is 9.28. The Morgan fingerprint density at radius 1 is 1.53 bits per heavy atom. The summed E-state index contributed by atoms with van der Waals surface area (Å²) in [4.78, 5) is 13.5. The number of hydrogen-bond acceptors (Lipinski definition) is 3. The molecule has 86 valence electrons. The lowest BCUT2D eigenvalue weighted by Crippen LogP contribution is -2.34. The number of hydrogen-bond donors (Lipinski definition) is 2. The molecule has 0 bridgehead atoms. The van der Waals surface area contributed by atoms with Gasteiger partial charge in [0.25, 0.3) is 0 Å². The van der Waals surface area contributed by atoms with E-state index < -0.39 is 11.4 Å². The third kappa shape index (κ3) is 1.76. The second kappa shape index (κ2) is 3.76. The minimum Gasteiger partial charge on any atom is -0.481 e. The molecule has 2 atom stereocenters. The van der Waals surface area contributed by atoms with Gasteiger partial charge in [0.15, 0.2) is 0 Å². The van der Waals surface area contributed by atoms with Crippen molar-refractivity contribution in [2.24, 2.45) is 23.0 Å². The number of carboxylic acid groups (broad SMARTS) is 1. The van der Waals surface area contributed by atoms with Gasteiger partial charge in [0.05, 0.1) is 5.41 Å². The third-order valence-corrected chi connectivity index (χ3v) is 4.26. The Morgan fingerprint density at radius 3 is 2.53 bits per heavy atom. The highest BCUT2D eigenvalue weighted by molar-refractivity contribution is 5.79. The summed E-state index contributed by atoms with van der Waals surface area (Å²) in [7, 11) is 2.12. The van der Waals surface area contributed by atoms with Crippen LogP contribution in [-0.2, 0) is 4.79 Å². The molecular weight excluding hydrogens is 192 g/mol. The number of likely N-dealkylation sites (tertiary alicyclic amines) is 1. The number of aliphatic carboxylic acids is 1. The van der Waals surface area contributed by atoms with E-state index in [-0.39, 0.29) is 0 Å². The molecule has 2 rings (SSSR count). The van der Waals surface area contributed by atoms with Crippen molar-refractivity contribution in [2.45, 2.75) is 19.3 Å². The Labute approximate surface area is 90.4 Å². The van der Waals surface area contributed by atoms with Crippen molar-refractivity contribution in [1.82, 2.24) is 4.90 Å². The molecule has 0 aromatic heterocycles. The molecule has 4 nitrogen and oxygen atoms in total. The Morgan fingerprint density at radius 2 is 2.13 bits per heavy atom. The molecule has 0 radical (unpaired) electrons. The van der Waals surface area contributed by atoms with Crippen molar-refractivity contribution in [3.8, 4) is 0 Å². The van der Waals surface area contributed by atoms with Crippen LogP contribution in [0, 0.1) is 17.3 Å². The van der Waals surface area contributed by atoms with E-state index in [0.29, 0.717) is 18.4 Å². The molecule has 15 heavy (non-hydrogen) atoms. The highest BCUT2D eigenvalue weighted by atomic mass is 16.4. The number of nitrogens with two attached hydrogens (primary N) is 1. The summed E-state index contributed by atoms with van der Waals surface area (Å²) >= 11 is 0. The summed E-state index contributed by atoms with van der Waals surface area (Å²) in [5.74, 6) is 0.239. The first kappa shape index (κ1) is 10.9. The third-order valence-electron chi connectivity index (χ3n) is 4.26. The maximum atomic E-state index is 11.1. The van der Waals surface area contributed by atoms with Gasteiger partial charge in [-0.3, -0.25) is 4.79 Å². The summed E-state index contributed by atoms with van der Waals surface area (Å²) in [6, 6.07) is 0. The van der Waals surface area contributed by atoms with E-state index in [0.717, 1.165) is 32.4 Å². The van der Waals surface area contributed by atoms with Crippen molar-refractivity contribution >= 4 is 5.97 Å². The summed E-state index contributed by atoms with van der Waals surface area (Å²) in [6.45, 7) is 2.50. The maximum Gasteiger partial charge on any atom is 0.311 e. The van der Waals surface area contributed by atoms with E-state index in [1.807, 2.05) is 0 Å². The standard InChI is InChI=1S/C11H20N2O2/c1-13-4-2-8(3-5-13)9-6-11(9,7-12)10(14)15/h8-9H,2-7,12H2,1H3,(H,14,15). The van der Waals surface area contributed by atoms with Crippen LogP contribution in [-0.4, -0.2) is 42.7 Å². The highest BCUT2D eigenvalue weighted by Gasteiger charge is 2.61. The first-order chi connectivity index (χ1) is 7.10. The molecule has 3 N–H and O–H groups in total. The Kier molecular flexibility index (Phi) is 2.73. The van der Waals surface area contributed by atoms with Crippen LogP contribution in [0.15, 0.2) is 0 Å². The minimum absolute atomic E-state index is 0.305. The molecule has 0 spiro atoms. The molecule has 1 aliphatic heterocycles. The van der Waals surface area contributed by atoms with Crippen LogP contribution in [0.5, 0.6) is 0 Å². The monoisotopic (exact) mass is 212 g/mol. The molecule has 1 aliphatic carbocycles. The van der Waals surface area contributed by atoms with Gasteiger partial charge in [-0.25, -0.2) is 0 Å². The Balaban J connectivity index is 1.95. The fourth-order valence-electron chi connectivity index (χ4n) is 2.95. The van der Waals surface area contributed by atoms with Crippen LogP contribution in [0.3, 0.4) is 0 Å². The molecule has 2 unspecified atom stereocenters. The zero-order chi connectivity index (χ0) is 11.1. The lowest BCUT2D eigenvalue weighted by molar-refractivity contribution is -0.143. The lowest BCUT2D eigenvalue weighted by atomic mass is 9.87. The van der Waals surface area contributed by atoms with E-state index in [9.17, 15) is 4.79 Å². The van der Waals surface area contributed by atoms with E-state index in [4.69, 9.17) is 10.8 Å². The van der Waals surface area contributed by atoms with Crippen LogP contribution in [0.1, 0.15) is 19.3 Å². The van der Waals surface area contributed by atoms with Crippen LogP contribution < -0.4 is 5.73 Å². The molecule has 1 saturated carbocycles. The van der Waals surface area contributed by atoms with Crippen molar-refractivity contribution in [1.29, 1.82) is 0 Å². The number of piperidine rings is 1. The quantitative estimate of drug-likeness (QED) is 0.709. The van der Waals surface area contributed by atoms with Gasteiger partial charge >= 0.3 is 5.97 Å². The number of rotatable bonds is 3. The molecule has 1 saturated heterocycles. The second-order valence-electron chi connectivity index (χ2n) is 5.12. The van der Waals surface area contributed by atoms with Gasteiger partial charge < -0.3 is 15.7 Å². The summed E-state index contributed by atoms with van der Waals surface area (Å²) in [5, 5.41) is 9.17. The van der Waals surface area contributed by atoms with Crippen molar-refractivity contribution in [2.75, 3.05) is 26.7 Å². The largest absolute Gasteiger partial charge is 0.481 e. The predicted molar refractivity (Wildman–Crippen MR) is 57.5 cm³/mol. The number of carboxylic acids is 1. The molecule has 0 aromatic rings. The molecule has 0 amide bonds. The zero-order valence-corrected chi connectivity index (χ0v) is 9.28. The van der Waals surface area contributed by atoms with Crippen molar-refractivity contribution in [3.05, 3.63) is 0 Å². The van der Waals surface area contributed by atoms with E-state index in [1.165, 1.54) is 0 Å². The smallest absolute Gasteiger partial charge is 0.311 e. The second-order valence-corrected chi connectivity index (χ2v) is 5.12. The van der Waals surface area contributed by atoms with Gasteiger partial charge in [0.2, 0.25) is 0 Å². The first-order valence-electron chi connectivity index (χ1n) is 5.72. The average molecular weight is 212 g/mol. The van der Waals surface area contributed by atoms with Gasteiger partial charge in [-0.15, -0.1) is 0 Å². The topological polar surface area (TPSA) is 66.6 Å². The van der Waals surface area contributed by atoms with Gasteiger partial charge in [-0.05, 0) is 51.2 Å². The number of nitrogens with zero attached hydrogens (tertiary/aromatic N) is 1. The molecule has 1 heterocycles. The molecule has 4 heteroatoms. The van der Waals surface area contributed by atoms with Crippen LogP contribution in [0.2, 0.25) is 0 Å². The maximum absolute atomic E-state index is 11.1. The fraction of sp³-hybridized carbons (Fsp3) is 0.909. The summed E-state index contributed by atoms with van der Waals surface area (Å²) < 4.78 is 0. The Hall–Kier alpha value is -0.610. The fourth-order valence-corrected chi connectivity index (χ4v) is 2.95. The van der Waals surface area contributed by atoms with Gasteiger partial charge in [0.1, 0.15) is 0 Å². The van der Waals surface area contributed by atoms with Crippen LogP contribution in [0.25, 0.3) is 0 Å². The molecule has 2 fully saturated rings. The average Bonchev–Trinajstić information content (AvgIpc) is 2.95. The normalized spacial score (nSPS) is 37.9. The number of carbonyl (C=O) groups is 1. The Bertz CT molecular complexity index is 261. The van der Waals surface area contributed by atoms with Gasteiger partial charge in [-0.2, -0.15) is 0 Å². The van der Waals surface area contributed by atoms with E-state index in [1.54, 1.807) is 0 Å². The molecular formula is C11H20N2O2.